The molecule has 0 saturated heterocycles. The summed E-state index contributed by atoms with van der Waals surface area (Å²) in [6.45, 7) is 7.88. The van der Waals surface area contributed by atoms with Crippen LogP contribution in [-0.4, -0.2) is 35.1 Å². The van der Waals surface area contributed by atoms with Gasteiger partial charge in [0.25, 0.3) is 0 Å². The van der Waals surface area contributed by atoms with Crippen LogP contribution in [0.3, 0.4) is 0 Å². The molecule has 0 saturated carbocycles. The lowest BCUT2D eigenvalue weighted by atomic mass is 10.1. The van der Waals surface area contributed by atoms with Gasteiger partial charge >= 0.3 is 0 Å². The van der Waals surface area contributed by atoms with E-state index in [2.05, 4.69) is 20.8 Å². The summed E-state index contributed by atoms with van der Waals surface area (Å²) >= 11 is 0. The zero-order valence-electron chi connectivity index (χ0n) is 27.7. The highest BCUT2D eigenvalue weighted by Gasteiger charge is 1.93. The van der Waals surface area contributed by atoms with Gasteiger partial charge in [-0.1, -0.05) is 194 Å². The highest BCUT2D eigenvalue weighted by atomic mass is 16.3. The van der Waals surface area contributed by atoms with Crippen LogP contribution in [0.5, 0.6) is 0 Å². The Bertz CT molecular complexity index is 318. The van der Waals surface area contributed by atoms with Crippen LogP contribution in [0.1, 0.15) is 213 Å². The van der Waals surface area contributed by atoms with Gasteiger partial charge in [0.2, 0.25) is 0 Å². The van der Waals surface area contributed by atoms with Crippen molar-refractivity contribution >= 4 is 0 Å². The Morgan fingerprint density at radius 2 is 0.333 bits per heavy atom. The third kappa shape index (κ3) is 54.6. The first-order valence-corrected chi connectivity index (χ1v) is 18.1. The van der Waals surface area contributed by atoms with E-state index in [1.807, 2.05) is 0 Å². The molecule has 0 bridgehead atoms. The summed E-state index contributed by atoms with van der Waals surface area (Å²) in [7, 11) is 0. The molecular formula is C36H78O3. The molecule has 0 aromatic heterocycles. The van der Waals surface area contributed by atoms with Crippen LogP contribution < -0.4 is 0 Å². The Labute approximate surface area is 248 Å². The van der Waals surface area contributed by atoms with Crippen molar-refractivity contribution in [3.05, 3.63) is 0 Å². The van der Waals surface area contributed by atoms with E-state index in [-0.39, 0.29) is 0 Å². The van der Waals surface area contributed by atoms with Gasteiger partial charge in [-0.15, -0.1) is 0 Å². The van der Waals surface area contributed by atoms with Crippen LogP contribution >= 0.6 is 0 Å². The molecule has 0 unspecified atom stereocenters. The summed E-state index contributed by atoms with van der Waals surface area (Å²) in [6, 6.07) is 0. The van der Waals surface area contributed by atoms with E-state index in [0.29, 0.717) is 19.8 Å². The lowest BCUT2D eigenvalue weighted by Crippen LogP contribution is -1.84. The molecule has 0 aliphatic rings. The Hall–Kier alpha value is -0.120. The number of unbranched alkanes of at least 4 members (excludes halogenated alkanes) is 27. The van der Waals surface area contributed by atoms with E-state index >= 15 is 0 Å². The first kappa shape index (κ1) is 43.3. The topological polar surface area (TPSA) is 60.7 Å². The van der Waals surface area contributed by atoms with Crippen LogP contribution in [0.4, 0.5) is 0 Å². The smallest absolute Gasteiger partial charge is 0.0431 e. The maximum atomic E-state index is 8.61. The maximum absolute atomic E-state index is 8.61. The van der Waals surface area contributed by atoms with Crippen molar-refractivity contribution in [3.63, 3.8) is 0 Å². The summed E-state index contributed by atoms with van der Waals surface area (Å²) in [5, 5.41) is 25.7. The molecule has 0 radical (unpaired) electrons. The van der Waals surface area contributed by atoms with E-state index in [1.165, 1.54) is 173 Å². The van der Waals surface area contributed by atoms with E-state index in [1.54, 1.807) is 0 Å². The van der Waals surface area contributed by atoms with E-state index in [4.69, 9.17) is 15.3 Å². The van der Waals surface area contributed by atoms with Gasteiger partial charge in [-0.25, -0.2) is 0 Å². The fourth-order valence-corrected chi connectivity index (χ4v) is 4.80. The number of hydrogen-bond donors (Lipinski definition) is 3. The molecule has 0 aromatic rings. The minimum Gasteiger partial charge on any atom is -0.396 e. The van der Waals surface area contributed by atoms with Crippen molar-refractivity contribution in [2.75, 3.05) is 19.8 Å². The first-order valence-electron chi connectivity index (χ1n) is 18.1. The molecule has 39 heavy (non-hydrogen) atoms. The molecule has 0 heterocycles. The Morgan fingerprint density at radius 3 is 0.462 bits per heavy atom. The standard InChI is InChI=1S/C14H30O.C12H26O.C10H22O/c1-2-3-4-5-6-7-8-9-10-11-12-13-14-15;1-2-3-4-5-6-7-8-9-10-11-12-13;1-2-3-4-5-6-7-8-9-10-11/h15H,2-14H2,1H3;13H,2-12H2,1H3;11H,2-10H2,1H3. The van der Waals surface area contributed by atoms with Crippen LogP contribution in [0.2, 0.25) is 0 Å². The molecule has 0 aliphatic heterocycles. The minimum atomic E-state index is 0.370. The van der Waals surface area contributed by atoms with Crippen molar-refractivity contribution in [1.82, 2.24) is 0 Å². The zero-order chi connectivity index (χ0) is 29.3. The highest BCUT2D eigenvalue weighted by Crippen LogP contribution is 2.12. The van der Waals surface area contributed by atoms with Crippen molar-refractivity contribution in [2.45, 2.75) is 213 Å². The average Bonchev–Trinajstić information content (AvgIpc) is 2.95. The molecule has 0 atom stereocenters. The average molecular weight is 559 g/mol. The van der Waals surface area contributed by atoms with Crippen molar-refractivity contribution in [2.24, 2.45) is 0 Å². The molecule has 3 N–H and O–H groups in total. The monoisotopic (exact) mass is 559 g/mol. The summed E-state index contributed by atoms with van der Waals surface area (Å²) in [5.74, 6) is 0. The number of aliphatic hydroxyl groups is 3. The van der Waals surface area contributed by atoms with Gasteiger partial charge in [0.15, 0.2) is 0 Å². The lowest BCUT2D eigenvalue weighted by molar-refractivity contribution is 0.282. The molecule has 0 aliphatic carbocycles. The minimum absolute atomic E-state index is 0.370. The zero-order valence-corrected chi connectivity index (χ0v) is 27.7. The molecule has 240 valence electrons. The van der Waals surface area contributed by atoms with Gasteiger partial charge in [0, 0.05) is 19.8 Å². The first-order chi connectivity index (χ1) is 19.2. The van der Waals surface area contributed by atoms with Crippen molar-refractivity contribution in [1.29, 1.82) is 0 Å². The third-order valence-corrected chi connectivity index (χ3v) is 7.54. The van der Waals surface area contributed by atoms with Gasteiger partial charge in [0.05, 0.1) is 0 Å². The highest BCUT2D eigenvalue weighted by molar-refractivity contribution is 4.49. The fourth-order valence-electron chi connectivity index (χ4n) is 4.80. The lowest BCUT2D eigenvalue weighted by Gasteiger charge is -2.01. The molecule has 0 aromatic carbocycles. The predicted octanol–water partition coefficient (Wildman–Crippen LogP) is 11.7. The molecule has 0 amide bonds. The maximum Gasteiger partial charge on any atom is 0.0431 e. The van der Waals surface area contributed by atoms with Gasteiger partial charge in [-0.3, -0.25) is 0 Å². The Balaban J connectivity index is -0.000000505. The summed E-state index contributed by atoms with van der Waals surface area (Å²) in [6.07, 6.45) is 39.9. The fraction of sp³-hybridized carbons (Fsp3) is 1.00. The molecular weight excluding hydrogens is 480 g/mol. The molecule has 0 spiro atoms. The number of aliphatic hydroxyl groups excluding tert-OH is 3. The Morgan fingerprint density at radius 1 is 0.205 bits per heavy atom. The quantitative estimate of drug-likeness (QED) is 0.0768. The number of hydrogen-bond acceptors (Lipinski definition) is 3. The second-order valence-electron chi connectivity index (χ2n) is 11.7. The summed E-state index contributed by atoms with van der Waals surface area (Å²) < 4.78 is 0. The Kier molecular flexibility index (Phi) is 53.0. The van der Waals surface area contributed by atoms with Crippen LogP contribution in [0.15, 0.2) is 0 Å². The SMILES string of the molecule is CCCCCCCCCCCCCCO.CCCCCCCCCCCCO.CCCCCCCCCCO. The van der Waals surface area contributed by atoms with Gasteiger partial charge < -0.3 is 15.3 Å². The van der Waals surface area contributed by atoms with Gasteiger partial charge in [0.1, 0.15) is 0 Å². The van der Waals surface area contributed by atoms with Gasteiger partial charge in [-0.05, 0) is 19.3 Å². The van der Waals surface area contributed by atoms with E-state index < -0.39 is 0 Å². The molecule has 0 rings (SSSR count). The summed E-state index contributed by atoms with van der Waals surface area (Å²) in [5.41, 5.74) is 0. The van der Waals surface area contributed by atoms with Crippen LogP contribution in [0.25, 0.3) is 0 Å². The largest absolute Gasteiger partial charge is 0.396 e. The van der Waals surface area contributed by atoms with E-state index in [9.17, 15) is 0 Å². The molecule has 0 fully saturated rings. The van der Waals surface area contributed by atoms with Crippen molar-refractivity contribution < 1.29 is 15.3 Å². The second-order valence-corrected chi connectivity index (χ2v) is 11.7. The molecule has 3 heteroatoms. The molecule has 3 nitrogen and oxygen atoms in total. The summed E-state index contributed by atoms with van der Waals surface area (Å²) in [4.78, 5) is 0. The third-order valence-electron chi connectivity index (χ3n) is 7.54. The van der Waals surface area contributed by atoms with Crippen LogP contribution in [0, 0.1) is 0 Å². The number of rotatable bonds is 30. The van der Waals surface area contributed by atoms with E-state index in [0.717, 1.165) is 19.3 Å². The normalized spacial score (nSPS) is 10.6. The second kappa shape index (κ2) is 47.7. The van der Waals surface area contributed by atoms with Crippen LogP contribution in [-0.2, 0) is 0 Å². The predicted molar refractivity (Wildman–Crippen MR) is 177 cm³/mol. The van der Waals surface area contributed by atoms with Crippen molar-refractivity contribution in [3.8, 4) is 0 Å². The van der Waals surface area contributed by atoms with Gasteiger partial charge in [-0.2, -0.15) is 0 Å².